The third kappa shape index (κ3) is 6.82. The molecule has 0 spiro atoms. The lowest BCUT2D eigenvalue weighted by molar-refractivity contribution is -0.112. The number of hydrogen-bond donors (Lipinski definition) is 1. The number of benzene rings is 4. The minimum atomic E-state index is -0.573. The van der Waals surface area contributed by atoms with Crippen LogP contribution in [0.5, 0.6) is 11.5 Å². The van der Waals surface area contributed by atoms with Gasteiger partial charge in [0.15, 0.2) is 11.5 Å². The van der Waals surface area contributed by atoms with E-state index in [0.717, 1.165) is 16.3 Å². The number of carbonyl (C=O) groups excluding carboxylic acids is 2. The fourth-order valence-electron chi connectivity index (χ4n) is 3.99. The van der Waals surface area contributed by atoms with Crippen LogP contribution in [0, 0.1) is 11.3 Å². The molecular formula is C32H28N2O5. The molecule has 4 aromatic carbocycles. The molecule has 0 aliphatic carbocycles. The first kappa shape index (κ1) is 27.0. The molecule has 0 aliphatic rings. The van der Waals surface area contributed by atoms with Gasteiger partial charge in [0, 0.05) is 5.69 Å². The fourth-order valence-corrected chi connectivity index (χ4v) is 3.99. The van der Waals surface area contributed by atoms with Crippen LogP contribution in [-0.2, 0) is 16.1 Å². The summed E-state index contributed by atoms with van der Waals surface area (Å²) in [5, 5.41) is 14.6. The highest BCUT2D eigenvalue weighted by atomic mass is 16.5. The van der Waals surface area contributed by atoms with Crippen LogP contribution >= 0.6 is 0 Å². The van der Waals surface area contributed by atoms with Crippen molar-refractivity contribution in [3.63, 3.8) is 0 Å². The third-order valence-corrected chi connectivity index (χ3v) is 5.86. The molecule has 0 radical (unpaired) electrons. The molecule has 1 N–H and O–H groups in total. The summed E-state index contributed by atoms with van der Waals surface area (Å²) in [6, 6.07) is 27.7. The highest BCUT2D eigenvalue weighted by Gasteiger charge is 2.13. The summed E-state index contributed by atoms with van der Waals surface area (Å²) < 4.78 is 16.9. The van der Waals surface area contributed by atoms with Gasteiger partial charge in [0.1, 0.15) is 18.2 Å². The molecule has 0 aliphatic heterocycles. The van der Waals surface area contributed by atoms with E-state index in [4.69, 9.17) is 14.2 Å². The number of rotatable bonds is 10. The molecule has 0 bridgehead atoms. The maximum absolute atomic E-state index is 12.8. The predicted molar refractivity (Wildman–Crippen MR) is 151 cm³/mol. The summed E-state index contributed by atoms with van der Waals surface area (Å²) in [6.07, 6.45) is 1.49. The van der Waals surface area contributed by atoms with Crippen LogP contribution < -0.4 is 14.8 Å². The van der Waals surface area contributed by atoms with E-state index in [-0.39, 0.29) is 12.2 Å². The molecule has 0 atom stereocenters. The van der Waals surface area contributed by atoms with Gasteiger partial charge < -0.3 is 19.5 Å². The quantitative estimate of drug-likeness (QED) is 0.145. The van der Waals surface area contributed by atoms with E-state index in [2.05, 4.69) is 23.5 Å². The summed E-state index contributed by atoms with van der Waals surface area (Å²) in [6.45, 7) is 4.66. The van der Waals surface area contributed by atoms with E-state index in [1.54, 1.807) is 49.4 Å². The van der Waals surface area contributed by atoms with E-state index in [0.29, 0.717) is 41.5 Å². The maximum Gasteiger partial charge on any atom is 0.338 e. The van der Waals surface area contributed by atoms with Crippen molar-refractivity contribution in [3.8, 4) is 17.6 Å². The third-order valence-electron chi connectivity index (χ3n) is 5.86. The van der Waals surface area contributed by atoms with Gasteiger partial charge in [-0.25, -0.2) is 4.79 Å². The fraction of sp³-hybridized carbons (Fsp3) is 0.156. The Hall–Kier alpha value is -5.09. The Balaban J connectivity index is 1.49. The number of anilines is 1. The molecule has 4 rings (SSSR count). The molecule has 4 aromatic rings. The molecule has 39 heavy (non-hydrogen) atoms. The first-order valence-electron chi connectivity index (χ1n) is 12.6. The van der Waals surface area contributed by atoms with E-state index in [1.165, 1.54) is 6.08 Å². The zero-order valence-electron chi connectivity index (χ0n) is 21.8. The minimum absolute atomic E-state index is 0.0867. The van der Waals surface area contributed by atoms with Crippen LogP contribution in [0.4, 0.5) is 5.69 Å². The number of hydrogen-bond acceptors (Lipinski definition) is 6. The average molecular weight is 521 g/mol. The van der Waals surface area contributed by atoms with E-state index in [9.17, 15) is 14.9 Å². The van der Waals surface area contributed by atoms with Crippen LogP contribution in [0.1, 0.15) is 35.3 Å². The second kappa shape index (κ2) is 12.9. The summed E-state index contributed by atoms with van der Waals surface area (Å²) in [5.74, 6) is 0.0589. The predicted octanol–water partition coefficient (Wildman–Crippen LogP) is 6.54. The summed E-state index contributed by atoms with van der Waals surface area (Å²) >= 11 is 0. The Bertz CT molecular complexity index is 1550. The van der Waals surface area contributed by atoms with Crippen LogP contribution in [0.15, 0.2) is 90.5 Å². The van der Waals surface area contributed by atoms with Crippen molar-refractivity contribution in [2.45, 2.75) is 20.5 Å². The number of carbonyl (C=O) groups is 2. The molecule has 0 fully saturated rings. The Morgan fingerprint density at radius 2 is 1.64 bits per heavy atom. The molecule has 196 valence electrons. The van der Waals surface area contributed by atoms with E-state index >= 15 is 0 Å². The Labute approximate surface area is 227 Å². The van der Waals surface area contributed by atoms with E-state index < -0.39 is 11.9 Å². The molecule has 7 heteroatoms. The van der Waals surface area contributed by atoms with Crippen LogP contribution in [0.3, 0.4) is 0 Å². The van der Waals surface area contributed by atoms with Crippen molar-refractivity contribution >= 4 is 34.4 Å². The first-order chi connectivity index (χ1) is 19.0. The number of esters is 1. The second-order valence-electron chi connectivity index (χ2n) is 8.49. The van der Waals surface area contributed by atoms with Gasteiger partial charge in [0.2, 0.25) is 0 Å². The van der Waals surface area contributed by atoms with E-state index in [1.807, 2.05) is 37.3 Å². The van der Waals surface area contributed by atoms with Gasteiger partial charge in [0.25, 0.3) is 5.91 Å². The normalized spacial score (nSPS) is 10.9. The zero-order chi connectivity index (χ0) is 27.6. The van der Waals surface area contributed by atoms with Crippen molar-refractivity contribution < 1.29 is 23.8 Å². The summed E-state index contributed by atoms with van der Waals surface area (Å²) in [4.78, 5) is 24.6. The van der Waals surface area contributed by atoms with Gasteiger partial charge >= 0.3 is 5.97 Å². The zero-order valence-corrected chi connectivity index (χ0v) is 21.8. The lowest BCUT2D eigenvalue weighted by atomic mass is 10.1. The SMILES string of the molecule is CCOC(=O)c1ccc(NC(=O)C(C#N)=Cc2ccc(OCc3cccc4ccccc34)c(OCC)c2)cc1. The lowest BCUT2D eigenvalue weighted by Gasteiger charge is -2.14. The Morgan fingerprint density at radius 3 is 2.38 bits per heavy atom. The molecule has 0 saturated carbocycles. The number of ether oxygens (including phenoxy) is 3. The number of nitrogens with zero attached hydrogens (tertiary/aromatic N) is 1. The Morgan fingerprint density at radius 1 is 0.872 bits per heavy atom. The van der Waals surface area contributed by atoms with Crippen LogP contribution in [0.2, 0.25) is 0 Å². The van der Waals surface area contributed by atoms with Gasteiger partial charge in [-0.15, -0.1) is 0 Å². The largest absolute Gasteiger partial charge is 0.490 e. The number of fused-ring (bicyclic) bond motifs is 1. The first-order valence-corrected chi connectivity index (χ1v) is 12.6. The molecule has 0 heterocycles. The maximum atomic E-state index is 12.8. The van der Waals surface area contributed by atoms with Crippen molar-refractivity contribution in [3.05, 3.63) is 107 Å². The molecular weight excluding hydrogens is 492 g/mol. The summed E-state index contributed by atoms with van der Waals surface area (Å²) in [7, 11) is 0. The van der Waals surface area contributed by atoms with Crippen molar-refractivity contribution in [2.24, 2.45) is 0 Å². The lowest BCUT2D eigenvalue weighted by Crippen LogP contribution is -2.13. The molecule has 1 amide bonds. The second-order valence-corrected chi connectivity index (χ2v) is 8.49. The summed E-state index contributed by atoms with van der Waals surface area (Å²) in [5.41, 5.74) is 2.40. The van der Waals surface area contributed by atoms with Crippen molar-refractivity contribution in [1.82, 2.24) is 0 Å². The number of amides is 1. The molecule has 0 saturated heterocycles. The monoisotopic (exact) mass is 520 g/mol. The average Bonchev–Trinajstić information content (AvgIpc) is 2.96. The highest BCUT2D eigenvalue weighted by molar-refractivity contribution is 6.09. The number of nitriles is 1. The van der Waals surface area contributed by atoms with Gasteiger partial charge in [-0.05, 0) is 78.2 Å². The van der Waals surface area contributed by atoms with Gasteiger partial charge in [0.05, 0.1) is 18.8 Å². The van der Waals surface area contributed by atoms with Gasteiger partial charge in [-0.3, -0.25) is 4.79 Å². The minimum Gasteiger partial charge on any atom is -0.490 e. The number of nitrogens with one attached hydrogen (secondary N) is 1. The molecule has 7 nitrogen and oxygen atoms in total. The standard InChI is InChI=1S/C32H28N2O5/c1-3-37-30-19-22(12-17-29(30)39-21-25-10-7-9-23-8-5-6-11-28(23)25)18-26(20-33)31(35)34-27-15-13-24(14-16-27)32(36)38-4-2/h5-19H,3-4,21H2,1-2H3,(H,34,35). The molecule has 0 aromatic heterocycles. The smallest absolute Gasteiger partial charge is 0.338 e. The topological polar surface area (TPSA) is 97.7 Å². The van der Waals surface area contributed by atoms with Crippen molar-refractivity contribution in [1.29, 1.82) is 5.26 Å². The van der Waals surface area contributed by atoms with Crippen molar-refractivity contribution in [2.75, 3.05) is 18.5 Å². The molecule has 0 unspecified atom stereocenters. The van der Waals surface area contributed by atoms with Gasteiger partial charge in [-0.2, -0.15) is 5.26 Å². The Kier molecular flexibility index (Phi) is 8.94. The van der Waals surface area contributed by atoms with Gasteiger partial charge in [-0.1, -0.05) is 48.5 Å². The van der Waals surface area contributed by atoms with Crippen LogP contribution in [0.25, 0.3) is 16.8 Å². The highest BCUT2D eigenvalue weighted by Crippen LogP contribution is 2.31. The van der Waals surface area contributed by atoms with Crippen LogP contribution in [-0.4, -0.2) is 25.1 Å².